The van der Waals surface area contributed by atoms with Crippen LogP contribution in [0.5, 0.6) is 0 Å². The van der Waals surface area contributed by atoms with E-state index in [1.54, 1.807) is 11.8 Å². The average molecular weight is 356 g/mol. The van der Waals surface area contributed by atoms with Gasteiger partial charge < -0.3 is 14.4 Å². The van der Waals surface area contributed by atoms with Crippen LogP contribution in [-0.2, 0) is 20.0 Å². The summed E-state index contributed by atoms with van der Waals surface area (Å²) in [4.78, 5) is 14.5. The Morgan fingerprint density at radius 2 is 1.96 bits per heavy atom. The van der Waals surface area contributed by atoms with Gasteiger partial charge in [0.15, 0.2) is 6.29 Å². The van der Waals surface area contributed by atoms with Crippen LogP contribution in [0.3, 0.4) is 0 Å². The first-order chi connectivity index (χ1) is 11.2. The molecule has 0 saturated carbocycles. The van der Waals surface area contributed by atoms with Gasteiger partial charge in [0.1, 0.15) is 0 Å². The molecule has 3 rings (SSSR count). The summed E-state index contributed by atoms with van der Waals surface area (Å²) in [5.74, 6) is 1.50. The van der Waals surface area contributed by atoms with Gasteiger partial charge in [-0.3, -0.25) is 4.79 Å². The molecule has 4 nitrogen and oxygen atoms in total. The van der Waals surface area contributed by atoms with Crippen LogP contribution in [0.2, 0.25) is 5.02 Å². The van der Waals surface area contributed by atoms with Gasteiger partial charge in [0.2, 0.25) is 5.91 Å². The fourth-order valence-electron chi connectivity index (χ4n) is 3.07. The molecule has 2 aliphatic rings. The SMILES string of the molecule is O=C(CSCc1ccc(Cl)cc1)N1CCCCC1C1OCCO1. The molecular formula is C17H22ClNO3S. The molecule has 1 unspecified atom stereocenters. The lowest BCUT2D eigenvalue weighted by Crippen LogP contribution is -2.50. The quantitative estimate of drug-likeness (QED) is 0.812. The third-order valence-corrected chi connectivity index (χ3v) is 5.48. The third-order valence-electron chi connectivity index (χ3n) is 4.24. The molecular weight excluding hydrogens is 334 g/mol. The molecule has 6 heteroatoms. The van der Waals surface area contributed by atoms with Crippen LogP contribution in [0.25, 0.3) is 0 Å². The fraction of sp³-hybridized carbons (Fsp3) is 0.588. The summed E-state index contributed by atoms with van der Waals surface area (Å²) in [6, 6.07) is 7.85. The number of likely N-dealkylation sites (tertiary alicyclic amines) is 1. The zero-order valence-electron chi connectivity index (χ0n) is 13.1. The first kappa shape index (κ1) is 17.1. The van der Waals surface area contributed by atoms with E-state index in [2.05, 4.69) is 0 Å². The molecule has 0 bridgehead atoms. The largest absolute Gasteiger partial charge is 0.348 e. The van der Waals surface area contributed by atoms with E-state index in [0.717, 1.165) is 36.6 Å². The van der Waals surface area contributed by atoms with Crippen LogP contribution >= 0.6 is 23.4 Å². The zero-order chi connectivity index (χ0) is 16.1. The molecule has 2 aliphatic heterocycles. The van der Waals surface area contributed by atoms with Crippen molar-refractivity contribution in [3.8, 4) is 0 Å². The number of rotatable bonds is 5. The van der Waals surface area contributed by atoms with Crippen LogP contribution in [0.4, 0.5) is 0 Å². The van der Waals surface area contributed by atoms with E-state index >= 15 is 0 Å². The highest BCUT2D eigenvalue weighted by Crippen LogP contribution is 2.25. The lowest BCUT2D eigenvalue weighted by Gasteiger charge is -2.38. The Kier molecular flexibility index (Phi) is 6.22. The Bertz CT molecular complexity index is 519. The van der Waals surface area contributed by atoms with Gasteiger partial charge in [-0.1, -0.05) is 23.7 Å². The van der Waals surface area contributed by atoms with Gasteiger partial charge in [-0.25, -0.2) is 0 Å². The summed E-state index contributed by atoms with van der Waals surface area (Å²) in [5, 5.41) is 0.738. The van der Waals surface area contributed by atoms with E-state index in [1.807, 2.05) is 29.2 Å². The molecule has 0 spiro atoms. The predicted octanol–water partition coefficient (Wildman–Crippen LogP) is 3.33. The Balaban J connectivity index is 1.50. The Labute approximate surface area is 146 Å². The molecule has 1 amide bonds. The van der Waals surface area contributed by atoms with E-state index in [0.29, 0.717) is 19.0 Å². The number of carbonyl (C=O) groups excluding carboxylic acids is 1. The molecule has 23 heavy (non-hydrogen) atoms. The number of hydrogen-bond donors (Lipinski definition) is 0. The molecule has 126 valence electrons. The number of nitrogens with zero attached hydrogens (tertiary/aromatic N) is 1. The minimum Gasteiger partial charge on any atom is -0.348 e. The highest BCUT2D eigenvalue weighted by molar-refractivity contribution is 7.99. The Morgan fingerprint density at radius 1 is 1.22 bits per heavy atom. The van der Waals surface area contributed by atoms with Crippen LogP contribution in [0.1, 0.15) is 24.8 Å². The number of hydrogen-bond acceptors (Lipinski definition) is 4. The summed E-state index contributed by atoms with van der Waals surface area (Å²) in [7, 11) is 0. The zero-order valence-corrected chi connectivity index (χ0v) is 14.7. The molecule has 0 aliphatic carbocycles. The summed E-state index contributed by atoms with van der Waals surface area (Å²) in [6.07, 6.45) is 2.94. The maximum atomic E-state index is 12.6. The van der Waals surface area contributed by atoms with Crippen molar-refractivity contribution in [1.29, 1.82) is 0 Å². The molecule has 2 saturated heterocycles. The molecule has 1 aromatic carbocycles. The summed E-state index contributed by atoms with van der Waals surface area (Å²) in [6.45, 7) is 2.08. The molecule has 1 atom stereocenters. The maximum absolute atomic E-state index is 12.6. The van der Waals surface area contributed by atoms with E-state index in [-0.39, 0.29) is 18.2 Å². The minimum atomic E-state index is -0.236. The second-order valence-corrected chi connectivity index (χ2v) is 7.30. The van der Waals surface area contributed by atoms with Gasteiger partial charge in [0, 0.05) is 17.3 Å². The van der Waals surface area contributed by atoms with Crippen molar-refractivity contribution in [1.82, 2.24) is 4.90 Å². The van der Waals surface area contributed by atoms with Gasteiger partial charge >= 0.3 is 0 Å². The van der Waals surface area contributed by atoms with Crippen LogP contribution < -0.4 is 0 Å². The Morgan fingerprint density at radius 3 is 2.70 bits per heavy atom. The number of benzene rings is 1. The van der Waals surface area contributed by atoms with Crippen molar-refractivity contribution in [3.05, 3.63) is 34.9 Å². The highest BCUT2D eigenvalue weighted by Gasteiger charge is 2.35. The van der Waals surface area contributed by atoms with Gasteiger partial charge in [0.05, 0.1) is 25.0 Å². The topological polar surface area (TPSA) is 38.8 Å². The van der Waals surface area contributed by atoms with E-state index in [1.165, 1.54) is 5.56 Å². The number of piperidine rings is 1. The maximum Gasteiger partial charge on any atom is 0.233 e. The second kappa shape index (κ2) is 8.38. The number of halogens is 1. The predicted molar refractivity (Wildman–Crippen MR) is 92.7 cm³/mol. The summed E-state index contributed by atoms with van der Waals surface area (Å²) < 4.78 is 11.2. The first-order valence-corrected chi connectivity index (χ1v) is 9.62. The van der Waals surface area contributed by atoms with Gasteiger partial charge in [0.25, 0.3) is 0 Å². The van der Waals surface area contributed by atoms with Crippen molar-refractivity contribution >= 4 is 29.3 Å². The average Bonchev–Trinajstić information content (AvgIpc) is 3.11. The lowest BCUT2D eigenvalue weighted by molar-refractivity contribution is -0.148. The monoisotopic (exact) mass is 355 g/mol. The fourth-order valence-corrected chi connectivity index (χ4v) is 4.07. The van der Waals surface area contributed by atoms with Gasteiger partial charge in [-0.05, 0) is 37.0 Å². The summed E-state index contributed by atoms with van der Waals surface area (Å²) in [5.41, 5.74) is 1.19. The van der Waals surface area contributed by atoms with Crippen molar-refractivity contribution in [2.45, 2.75) is 37.3 Å². The van der Waals surface area contributed by atoms with Crippen LogP contribution in [-0.4, -0.2) is 48.7 Å². The van der Waals surface area contributed by atoms with Crippen LogP contribution in [0.15, 0.2) is 24.3 Å². The molecule has 0 radical (unpaired) electrons. The van der Waals surface area contributed by atoms with Gasteiger partial charge in [-0.15, -0.1) is 11.8 Å². The van der Waals surface area contributed by atoms with Crippen molar-refractivity contribution in [3.63, 3.8) is 0 Å². The lowest BCUT2D eigenvalue weighted by atomic mass is 10.0. The number of thioether (sulfide) groups is 1. The number of ether oxygens (including phenoxy) is 2. The molecule has 1 aromatic rings. The molecule has 2 fully saturated rings. The smallest absolute Gasteiger partial charge is 0.233 e. The number of amides is 1. The first-order valence-electron chi connectivity index (χ1n) is 8.09. The normalized spacial score (nSPS) is 22.5. The van der Waals surface area contributed by atoms with Crippen LogP contribution in [0, 0.1) is 0 Å². The second-order valence-electron chi connectivity index (χ2n) is 5.88. The molecule has 0 aromatic heterocycles. The number of carbonyl (C=O) groups is 1. The van der Waals surface area contributed by atoms with Crippen molar-refractivity contribution in [2.24, 2.45) is 0 Å². The third kappa shape index (κ3) is 4.63. The van der Waals surface area contributed by atoms with Crippen molar-refractivity contribution < 1.29 is 14.3 Å². The highest BCUT2D eigenvalue weighted by atomic mass is 35.5. The summed E-state index contributed by atoms with van der Waals surface area (Å²) >= 11 is 7.53. The van der Waals surface area contributed by atoms with Crippen molar-refractivity contribution in [2.75, 3.05) is 25.5 Å². The van der Waals surface area contributed by atoms with E-state index in [4.69, 9.17) is 21.1 Å². The molecule has 2 heterocycles. The molecule has 0 N–H and O–H groups in total. The van der Waals surface area contributed by atoms with E-state index in [9.17, 15) is 4.79 Å². The van der Waals surface area contributed by atoms with Gasteiger partial charge in [-0.2, -0.15) is 0 Å². The standard InChI is InChI=1S/C17H22ClNO3S/c18-14-6-4-13(5-7-14)11-23-12-16(20)19-8-2-1-3-15(19)17-21-9-10-22-17/h4-7,15,17H,1-3,8-12H2. The Hall–Kier alpha value is -0.750. The minimum absolute atomic E-state index is 0.0786. The van der Waals surface area contributed by atoms with E-state index < -0.39 is 0 Å².